The van der Waals surface area contributed by atoms with Crippen molar-refractivity contribution in [2.45, 2.75) is 39.5 Å². The van der Waals surface area contributed by atoms with E-state index in [1.165, 1.54) is 0 Å². The van der Waals surface area contributed by atoms with Gasteiger partial charge in [-0.1, -0.05) is 0 Å². The van der Waals surface area contributed by atoms with E-state index in [9.17, 15) is 0 Å². The maximum absolute atomic E-state index is 5.93. The Morgan fingerprint density at radius 3 is 3.00 bits per heavy atom. The van der Waals surface area contributed by atoms with Crippen molar-refractivity contribution in [3.8, 4) is 0 Å². The van der Waals surface area contributed by atoms with Crippen molar-refractivity contribution in [2.24, 2.45) is 0 Å². The van der Waals surface area contributed by atoms with E-state index in [-0.39, 0.29) is 6.10 Å². The molecule has 0 aliphatic carbocycles. The van der Waals surface area contributed by atoms with Crippen LogP contribution in [0.3, 0.4) is 0 Å². The van der Waals surface area contributed by atoms with Gasteiger partial charge in [-0.05, 0) is 32.9 Å². The van der Waals surface area contributed by atoms with Crippen LogP contribution in [-0.4, -0.2) is 40.6 Å². The zero-order valence-corrected chi connectivity index (χ0v) is 14.0. The maximum atomic E-state index is 5.93. The molecule has 6 heteroatoms. The highest BCUT2D eigenvalue weighted by Gasteiger charge is 2.25. The van der Waals surface area contributed by atoms with Crippen LogP contribution in [0.25, 0.3) is 0 Å². The third-order valence-electron chi connectivity index (χ3n) is 4.04. The number of ether oxygens (including phenoxy) is 1. The molecule has 1 unspecified atom stereocenters. The first-order valence-corrected chi connectivity index (χ1v) is 8.09. The fourth-order valence-corrected chi connectivity index (χ4v) is 2.75. The lowest BCUT2D eigenvalue weighted by Crippen LogP contribution is -2.42. The highest BCUT2D eigenvalue weighted by atomic mass is 16.5. The summed E-state index contributed by atoms with van der Waals surface area (Å²) in [6, 6.07) is 6.31. The van der Waals surface area contributed by atoms with Gasteiger partial charge in [-0.25, -0.2) is 9.97 Å². The van der Waals surface area contributed by atoms with Gasteiger partial charge in [0.1, 0.15) is 23.5 Å². The van der Waals surface area contributed by atoms with E-state index in [0.717, 1.165) is 42.8 Å². The van der Waals surface area contributed by atoms with Crippen LogP contribution in [0.4, 0.5) is 5.82 Å². The summed E-state index contributed by atoms with van der Waals surface area (Å²) in [7, 11) is 0. The lowest BCUT2D eigenvalue weighted by molar-refractivity contribution is -0.0422. The van der Waals surface area contributed by atoms with E-state index in [2.05, 4.69) is 34.0 Å². The topological polar surface area (TPSA) is 63.4 Å². The lowest BCUT2D eigenvalue weighted by atomic mass is 10.1. The van der Waals surface area contributed by atoms with Gasteiger partial charge in [0.25, 0.3) is 0 Å². The summed E-state index contributed by atoms with van der Waals surface area (Å²) in [4.78, 5) is 11.4. The average molecular weight is 316 g/mol. The standard InChI is InChI=1S/C17H24N4O2/c1-12(2)21-6-8-23-16(11-21)15-9-17(20-13(3)19-15)18-10-14-5-4-7-22-14/h4-5,7,9,12,16H,6,8,10-11H2,1-3H3,(H,18,19,20). The summed E-state index contributed by atoms with van der Waals surface area (Å²) in [6.45, 7) is 9.51. The number of aryl methyl sites for hydroxylation is 1. The van der Waals surface area contributed by atoms with Crippen molar-refractivity contribution in [1.29, 1.82) is 0 Å². The van der Waals surface area contributed by atoms with Gasteiger partial charge >= 0.3 is 0 Å². The SMILES string of the molecule is Cc1nc(NCc2ccco2)cc(C2CN(C(C)C)CCO2)n1. The van der Waals surface area contributed by atoms with Crippen LogP contribution >= 0.6 is 0 Å². The fraction of sp³-hybridized carbons (Fsp3) is 0.529. The predicted octanol–water partition coefficient (Wildman–Crippen LogP) is 2.77. The number of hydrogen-bond acceptors (Lipinski definition) is 6. The van der Waals surface area contributed by atoms with Gasteiger partial charge in [0.15, 0.2) is 0 Å². The molecule has 124 valence electrons. The molecule has 23 heavy (non-hydrogen) atoms. The van der Waals surface area contributed by atoms with E-state index in [4.69, 9.17) is 9.15 Å². The number of nitrogens with zero attached hydrogens (tertiary/aromatic N) is 3. The molecule has 2 aromatic heterocycles. The number of furan rings is 1. The Morgan fingerprint density at radius 1 is 1.39 bits per heavy atom. The van der Waals surface area contributed by atoms with Gasteiger partial charge in [0.05, 0.1) is 25.1 Å². The highest BCUT2D eigenvalue weighted by molar-refractivity contribution is 5.37. The zero-order chi connectivity index (χ0) is 16.2. The Balaban J connectivity index is 1.71. The minimum atomic E-state index is -0.00277. The molecule has 1 aliphatic rings. The van der Waals surface area contributed by atoms with Crippen molar-refractivity contribution < 1.29 is 9.15 Å². The van der Waals surface area contributed by atoms with E-state index < -0.39 is 0 Å². The van der Waals surface area contributed by atoms with Crippen LogP contribution in [-0.2, 0) is 11.3 Å². The second kappa shape index (κ2) is 7.10. The molecule has 0 radical (unpaired) electrons. The predicted molar refractivity (Wildman–Crippen MR) is 88.2 cm³/mol. The number of nitrogens with one attached hydrogen (secondary N) is 1. The first-order valence-electron chi connectivity index (χ1n) is 8.09. The van der Waals surface area contributed by atoms with Crippen LogP contribution < -0.4 is 5.32 Å². The molecule has 3 rings (SSSR count). The molecule has 0 saturated carbocycles. The number of anilines is 1. The highest BCUT2D eigenvalue weighted by Crippen LogP contribution is 2.23. The third kappa shape index (κ3) is 4.09. The van der Waals surface area contributed by atoms with E-state index in [1.54, 1.807) is 6.26 Å². The first-order chi connectivity index (χ1) is 11.1. The molecule has 0 aromatic carbocycles. The Kier molecular flexibility index (Phi) is 4.93. The van der Waals surface area contributed by atoms with Gasteiger partial charge in [-0.2, -0.15) is 0 Å². The number of morpholine rings is 1. The molecule has 2 aromatic rings. The lowest BCUT2D eigenvalue weighted by Gasteiger charge is -2.35. The minimum Gasteiger partial charge on any atom is -0.467 e. The molecule has 1 N–H and O–H groups in total. The Hall–Kier alpha value is -1.92. The van der Waals surface area contributed by atoms with Crippen molar-refractivity contribution in [3.63, 3.8) is 0 Å². The Labute approximate surface area is 136 Å². The number of aromatic nitrogens is 2. The second-order valence-corrected chi connectivity index (χ2v) is 6.11. The molecule has 1 aliphatic heterocycles. The summed E-state index contributed by atoms with van der Waals surface area (Å²) in [5, 5.41) is 3.29. The van der Waals surface area contributed by atoms with Crippen LogP contribution in [0.2, 0.25) is 0 Å². The van der Waals surface area contributed by atoms with Crippen LogP contribution in [0, 0.1) is 6.92 Å². The molecule has 1 atom stereocenters. The summed E-state index contributed by atoms with van der Waals surface area (Å²) < 4.78 is 11.3. The summed E-state index contributed by atoms with van der Waals surface area (Å²) >= 11 is 0. The van der Waals surface area contributed by atoms with Crippen molar-refractivity contribution in [1.82, 2.24) is 14.9 Å². The van der Waals surface area contributed by atoms with Crippen molar-refractivity contribution in [2.75, 3.05) is 25.0 Å². The molecular formula is C17H24N4O2. The van der Waals surface area contributed by atoms with Gasteiger partial charge in [0.2, 0.25) is 0 Å². The van der Waals surface area contributed by atoms with E-state index in [1.807, 2.05) is 25.1 Å². The summed E-state index contributed by atoms with van der Waals surface area (Å²) in [5.41, 5.74) is 0.935. The van der Waals surface area contributed by atoms with Crippen LogP contribution in [0.1, 0.15) is 37.2 Å². The van der Waals surface area contributed by atoms with Crippen molar-refractivity contribution in [3.05, 3.63) is 41.7 Å². The molecule has 1 saturated heterocycles. The summed E-state index contributed by atoms with van der Waals surface area (Å²) in [6.07, 6.45) is 1.67. The van der Waals surface area contributed by atoms with E-state index in [0.29, 0.717) is 12.6 Å². The first kappa shape index (κ1) is 16.0. The van der Waals surface area contributed by atoms with Gasteiger partial charge in [-0.3, -0.25) is 4.90 Å². The average Bonchev–Trinajstić information content (AvgIpc) is 3.06. The van der Waals surface area contributed by atoms with Gasteiger partial charge in [-0.15, -0.1) is 0 Å². The summed E-state index contributed by atoms with van der Waals surface area (Å²) in [5.74, 6) is 2.42. The molecule has 6 nitrogen and oxygen atoms in total. The molecule has 0 spiro atoms. The van der Waals surface area contributed by atoms with E-state index >= 15 is 0 Å². The second-order valence-electron chi connectivity index (χ2n) is 6.11. The monoisotopic (exact) mass is 316 g/mol. The normalized spacial score (nSPS) is 19.2. The largest absolute Gasteiger partial charge is 0.467 e. The number of hydrogen-bond donors (Lipinski definition) is 1. The van der Waals surface area contributed by atoms with Crippen LogP contribution in [0.15, 0.2) is 28.9 Å². The van der Waals surface area contributed by atoms with Gasteiger partial charge < -0.3 is 14.5 Å². The Bertz CT molecular complexity index is 628. The fourth-order valence-electron chi connectivity index (χ4n) is 2.75. The zero-order valence-electron chi connectivity index (χ0n) is 14.0. The van der Waals surface area contributed by atoms with Gasteiger partial charge in [0, 0.05) is 25.2 Å². The molecule has 3 heterocycles. The Morgan fingerprint density at radius 2 is 2.26 bits per heavy atom. The molecular weight excluding hydrogens is 292 g/mol. The molecule has 0 amide bonds. The van der Waals surface area contributed by atoms with Crippen LogP contribution in [0.5, 0.6) is 0 Å². The van der Waals surface area contributed by atoms with Crippen molar-refractivity contribution >= 4 is 5.82 Å². The third-order valence-corrected chi connectivity index (χ3v) is 4.04. The molecule has 0 bridgehead atoms. The quantitative estimate of drug-likeness (QED) is 0.915. The minimum absolute atomic E-state index is 0.00277. The molecule has 1 fully saturated rings. The maximum Gasteiger partial charge on any atom is 0.130 e. The number of rotatable bonds is 5. The smallest absolute Gasteiger partial charge is 0.130 e.